The number of amides is 5. The van der Waals surface area contributed by atoms with Crippen LogP contribution in [0.2, 0.25) is 0 Å². The zero-order chi connectivity index (χ0) is 25.1. The number of nitrogens with zero attached hydrogens (tertiary/aromatic N) is 2. The fourth-order valence-corrected chi connectivity index (χ4v) is 4.03. The summed E-state index contributed by atoms with van der Waals surface area (Å²) in [7, 11) is 0. The van der Waals surface area contributed by atoms with Gasteiger partial charge in [-0.1, -0.05) is 26.0 Å². The average Bonchev–Trinajstić information content (AvgIpc) is 3.14. The summed E-state index contributed by atoms with van der Waals surface area (Å²) in [6.07, 6.45) is 1.47. The third-order valence-electron chi connectivity index (χ3n) is 5.87. The Morgan fingerprint density at radius 2 is 1.94 bits per heavy atom. The number of carboxylic acid groups (broad SMARTS) is 1. The Morgan fingerprint density at radius 1 is 1.24 bits per heavy atom. The summed E-state index contributed by atoms with van der Waals surface area (Å²) in [6.45, 7) is 8.25. The van der Waals surface area contributed by atoms with Crippen LogP contribution in [0.5, 0.6) is 0 Å². The molecule has 0 aromatic heterocycles. The van der Waals surface area contributed by atoms with E-state index in [1.165, 1.54) is 4.90 Å². The van der Waals surface area contributed by atoms with E-state index in [1.54, 1.807) is 6.07 Å². The van der Waals surface area contributed by atoms with Gasteiger partial charge < -0.3 is 25.5 Å². The van der Waals surface area contributed by atoms with Gasteiger partial charge in [-0.25, -0.2) is 4.79 Å². The highest BCUT2D eigenvalue weighted by Crippen LogP contribution is 2.28. The monoisotopic (exact) mass is 475 g/mol. The summed E-state index contributed by atoms with van der Waals surface area (Å²) in [4.78, 5) is 60.4. The van der Waals surface area contributed by atoms with Gasteiger partial charge in [-0.2, -0.15) is 0 Å². The van der Waals surface area contributed by atoms with Gasteiger partial charge in [0.15, 0.2) is 0 Å². The van der Waals surface area contributed by atoms with Crippen LogP contribution in [0.15, 0.2) is 18.2 Å². The van der Waals surface area contributed by atoms with E-state index in [4.69, 9.17) is 9.90 Å². The molecule has 1 unspecified atom stereocenters. The standard InChI is InChI=1S/C22H31N5O4.CH2O2/c1-3-26(4-2)11-5-10-23-22(31)24-13-15-6-7-17-16(12-15)14-27(21(17)30)18-8-9-19(28)25-20(18)29;2-1-3/h6-7,12,18H,3-5,8-11,13-14H2,1-2H3,(H2,23,24,31)(H,25,28,29);1H,(H,2,3). The second kappa shape index (κ2) is 13.3. The molecule has 11 heteroatoms. The molecule has 0 spiro atoms. The third kappa shape index (κ3) is 7.27. The minimum Gasteiger partial charge on any atom is -0.483 e. The molecule has 2 aliphatic rings. The normalized spacial score (nSPS) is 17.0. The Morgan fingerprint density at radius 3 is 2.59 bits per heavy atom. The van der Waals surface area contributed by atoms with E-state index in [-0.39, 0.29) is 30.7 Å². The minimum absolute atomic E-state index is 0.199. The Kier molecular flexibility index (Phi) is 10.5. The van der Waals surface area contributed by atoms with Crippen LogP contribution in [0.25, 0.3) is 0 Å². The van der Waals surface area contributed by atoms with Crippen LogP contribution in [-0.2, 0) is 27.5 Å². The maximum Gasteiger partial charge on any atom is 0.315 e. The van der Waals surface area contributed by atoms with E-state index in [2.05, 4.69) is 34.7 Å². The van der Waals surface area contributed by atoms with Crippen LogP contribution in [0.1, 0.15) is 54.6 Å². The van der Waals surface area contributed by atoms with E-state index in [0.29, 0.717) is 31.6 Å². The maximum atomic E-state index is 12.7. The molecule has 11 nitrogen and oxygen atoms in total. The molecule has 2 heterocycles. The number of hydrogen-bond donors (Lipinski definition) is 4. The van der Waals surface area contributed by atoms with Gasteiger partial charge in [-0.05, 0) is 49.7 Å². The molecule has 4 N–H and O–H groups in total. The van der Waals surface area contributed by atoms with Crippen LogP contribution in [0, 0.1) is 0 Å². The summed E-state index contributed by atoms with van der Waals surface area (Å²) in [5.41, 5.74) is 2.28. The fraction of sp³-hybridized carbons (Fsp3) is 0.522. The molecule has 3 rings (SSSR count). The predicted molar refractivity (Wildman–Crippen MR) is 124 cm³/mol. The number of imide groups is 1. The molecule has 0 saturated carbocycles. The van der Waals surface area contributed by atoms with Crippen molar-refractivity contribution in [3.63, 3.8) is 0 Å². The van der Waals surface area contributed by atoms with Gasteiger partial charge in [-0.15, -0.1) is 0 Å². The Labute approximate surface area is 198 Å². The van der Waals surface area contributed by atoms with Crippen molar-refractivity contribution in [2.75, 3.05) is 26.2 Å². The number of carbonyl (C=O) groups excluding carboxylic acids is 4. The molecule has 34 heavy (non-hydrogen) atoms. The van der Waals surface area contributed by atoms with Gasteiger partial charge in [0.1, 0.15) is 6.04 Å². The van der Waals surface area contributed by atoms with Crippen molar-refractivity contribution in [3.05, 3.63) is 34.9 Å². The number of nitrogens with one attached hydrogen (secondary N) is 3. The lowest BCUT2D eigenvalue weighted by molar-refractivity contribution is -0.137. The van der Waals surface area contributed by atoms with Crippen molar-refractivity contribution in [3.8, 4) is 0 Å². The predicted octanol–water partition coefficient (Wildman–Crippen LogP) is 0.680. The molecule has 1 atom stereocenters. The lowest BCUT2D eigenvalue weighted by Gasteiger charge is -2.29. The number of benzene rings is 1. The van der Waals surface area contributed by atoms with E-state index in [1.807, 2.05) is 12.1 Å². The molecule has 2 aliphatic heterocycles. The van der Waals surface area contributed by atoms with Gasteiger partial charge in [0.05, 0.1) is 0 Å². The number of piperidine rings is 1. The molecule has 5 amide bonds. The summed E-state index contributed by atoms with van der Waals surface area (Å²) < 4.78 is 0. The molecule has 186 valence electrons. The molecular weight excluding hydrogens is 442 g/mol. The van der Waals surface area contributed by atoms with Crippen molar-refractivity contribution in [1.82, 2.24) is 25.8 Å². The first-order valence-electron chi connectivity index (χ1n) is 11.4. The summed E-state index contributed by atoms with van der Waals surface area (Å²) >= 11 is 0. The molecule has 1 saturated heterocycles. The maximum absolute atomic E-state index is 12.7. The van der Waals surface area contributed by atoms with Crippen LogP contribution in [-0.4, -0.2) is 77.4 Å². The second-order valence-corrected chi connectivity index (χ2v) is 7.99. The van der Waals surface area contributed by atoms with E-state index in [9.17, 15) is 19.2 Å². The molecule has 1 aromatic carbocycles. The van der Waals surface area contributed by atoms with Gasteiger partial charge >= 0.3 is 6.03 Å². The Bertz CT molecular complexity index is 902. The topological polar surface area (TPSA) is 148 Å². The number of rotatable bonds is 9. The quantitative estimate of drug-likeness (QED) is 0.233. The first kappa shape index (κ1) is 26.8. The Hall–Kier alpha value is -3.47. The van der Waals surface area contributed by atoms with Crippen molar-refractivity contribution in [1.29, 1.82) is 0 Å². The van der Waals surface area contributed by atoms with Gasteiger partial charge in [0, 0.05) is 31.6 Å². The van der Waals surface area contributed by atoms with E-state index >= 15 is 0 Å². The Balaban J connectivity index is 0.00000129. The highest BCUT2D eigenvalue weighted by Gasteiger charge is 2.39. The number of fused-ring (bicyclic) bond motifs is 1. The molecule has 1 aromatic rings. The zero-order valence-electron chi connectivity index (χ0n) is 19.6. The summed E-state index contributed by atoms with van der Waals surface area (Å²) in [6, 6.07) is 4.59. The van der Waals surface area contributed by atoms with Crippen molar-refractivity contribution in [2.24, 2.45) is 0 Å². The third-order valence-corrected chi connectivity index (χ3v) is 5.87. The fourth-order valence-electron chi connectivity index (χ4n) is 4.03. The van der Waals surface area contributed by atoms with Gasteiger partial charge in [0.25, 0.3) is 12.4 Å². The van der Waals surface area contributed by atoms with Gasteiger partial charge in [0.2, 0.25) is 11.8 Å². The molecule has 0 bridgehead atoms. The summed E-state index contributed by atoms with van der Waals surface area (Å²) in [5, 5.41) is 14.9. The first-order chi connectivity index (χ1) is 16.3. The zero-order valence-corrected chi connectivity index (χ0v) is 19.6. The largest absolute Gasteiger partial charge is 0.483 e. The number of urea groups is 1. The van der Waals surface area contributed by atoms with E-state index in [0.717, 1.165) is 37.2 Å². The number of carbonyl (C=O) groups is 5. The molecular formula is C23H33N5O6. The highest BCUT2D eigenvalue weighted by atomic mass is 16.3. The van der Waals surface area contributed by atoms with Crippen molar-refractivity contribution >= 4 is 30.2 Å². The van der Waals surface area contributed by atoms with E-state index < -0.39 is 11.9 Å². The van der Waals surface area contributed by atoms with Crippen molar-refractivity contribution in [2.45, 2.75) is 52.2 Å². The van der Waals surface area contributed by atoms with Crippen LogP contribution >= 0.6 is 0 Å². The lowest BCUT2D eigenvalue weighted by atomic mass is 10.0. The number of hydrogen-bond acceptors (Lipinski definition) is 6. The smallest absolute Gasteiger partial charge is 0.315 e. The average molecular weight is 476 g/mol. The summed E-state index contributed by atoms with van der Waals surface area (Å²) in [5.74, 6) is -0.919. The molecule has 1 fully saturated rings. The SMILES string of the molecule is CCN(CC)CCCNC(=O)NCc1ccc2c(c1)CN(C1CCC(=O)NC1=O)C2=O.O=CO. The lowest BCUT2D eigenvalue weighted by Crippen LogP contribution is -2.52. The van der Waals surface area contributed by atoms with Crippen LogP contribution in [0.3, 0.4) is 0 Å². The van der Waals surface area contributed by atoms with Gasteiger partial charge in [-0.3, -0.25) is 24.5 Å². The van der Waals surface area contributed by atoms with Crippen molar-refractivity contribution < 1.29 is 29.1 Å². The second-order valence-electron chi connectivity index (χ2n) is 7.99. The first-order valence-corrected chi connectivity index (χ1v) is 11.4. The molecule has 0 radical (unpaired) electrons. The minimum atomic E-state index is -0.624. The van der Waals surface area contributed by atoms with Crippen LogP contribution in [0.4, 0.5) is 4.79 Å². The van der Waals surface area contributed by atoms with Crippen LogP contribution < -0.4 is 16.0 Å². The molecule has 0 aliphatic carbocycles. The highest BCUT2D eigenvalue weighted by molar-refractivity contribution is 6.05.